The van der Waals surface area contributed by atoms with Gasteiger partial charge in [-0.2, -0.15) is 0 Å². The van der Waals surface area contributed by atoms with Crippen LogP contribution in [-0.2, 0) is 19.2 Å². The number of imide groups is 2. The van der Waals surface area contributed by atoms with Crippen LogP contribution >= 0.6 is 34.8 Å². The molecule has 8 rings (SSSR count). The number of amides is 4. The molecule has 1 saturated carbocycles. The number of phenols is 1. The van der Waals surface area contributed by atoms with E-state index in [-0.39, 0.29) is 29.8 Å². The van der Waals surface area contributed by atoms with Gasteiger partial charge in [0.1, 0.15) is 11.6 Å². The van der Waals surface area contributed by atoms with Crippen molar-refractivity contribution in [1.29, 1.82) is 0 Å². The maximum absolute atomic E-state index is 14.6. The Balaban J connectivity index is 1.33. The number of anilines is 2. The number of aromatic hydroxyl groups is 1. The first-order valence-electron chi connectivity index (χ1n) is 15.0. The quantitative estimate of drug-likeness (QED) is 0.141. The lowest BCUT2D eigenvalue weighted by Crippen LogP contribution is -2.60. The number of nitrogens with zero attached hydrogens (tertiary/aromatic N) is 2. The van der Waals surface area contributed by atoms with Crippen molar-refractivity contribution < 1.29 is 28.7 Å². The Hall–Kier alpha value is -4.24. The van der Waals surface area contributed by atoms with Crippen molar-refractivity contribution in [2.75, 3.05) is 9.80 Å². The zero-order chi connectivity index (χ0) is 33.0. The molecule has 0 spiro atoms. The van der Waals surface area contributed by atoms with E-state index in [0.717, 1.165) is 27.3 Å². The fraction of sp³-hybridized carbons (Fsp3) is 0.222. The number of carbonyl (C=O) groups is 4. The summed E-state index contributed by atoms with van der Waals surface area (Å²) in [4.78, 5) is 54.7. The van der Waals surface area contributed by atoms with Crippen LogP contribution < -0.4 is 9.80 Å². The van der Waals surface area contributed by atoms with Gasteiger partial charge in [0.05, 0.1) is 23.2 Å². The largest absolute Gasteiger partial charge is 0.507 e. The predicted molar refractivity (Wildman–Crippen MR) is 176 cm³/mol. The van der Waals surface area contributed by atoms with Crippen LogP contribution in [0.25, 0.3) is 10.8 Å². The lowest BCUT2D eigenvalue weighted by Gasteiger charge is -2.50. The highest BCUT2D eigenvalue weighted by Gasteiger charge is 2.77. The lowest BCUT2D eigenvalue weighted by molar-refractivity contribution is -0.125. The molecule has 4 aromatic rings. The Labute approximate surface area is 283 Å². The van der Waals surface area contributed by atoms with Gasteiger partial charge in [-0.15, -0.1) is 23.2 Å². The smallest absolute Gasteiger partial charge is 0.258 e. The molecule has 11 heteroatoms. The molecule has 3 fully saturated rings. The van der Waals surface area contributed by atoms with Crippen molar-refractivity contribution in [3.63, 3.8) is 0 Å². The van der Waals surface area contributed by atoms with E-state index in [1.54, 1.807) is 54.6 Å². The highest BCUT2D eigenvalue weighted by Crippen LogP contribution is 2.66. The molecule has 4 aromatic carbocycles. The first-order chi connectivity index (χ1) is 22.5. The third-order valence-corrected chi connectivity index (χ3v) is 11.9. The van der Waals surface area contributed by atoms with E-state index >= 15 is 0 Å². The van der Waals surface area contributed by atoms with Gasteiger partial charge in [-0.3, -0.25) is 24.1 Å². The number of hydrogen-bond acceptors (Lipinski definition) is 5. The van der Waals surface area contributed by atoms with Crippen LogP contribution in [0.15, 0.2) is 96.6 Å². The van der Waals surface area contributed by atoms with E-state index in [1.807, 2.05) is 12.1 Å². The topological polar surface area (TPSA) is 95.0 Å². The second-order valence-electron chi connectivity index (χ2n) is 12.5. The molecule has 2 aliphatic carbocycles. The monoisotopic (exact) mass is 688 g/mol. The van der Waals surface area contributed by atoms with Gasteiger partial charge in [-0.25, -0.2) is 9.29 Å². The van der Waals surface area contributed by atoms with Crippen molar-refractivity contribution in [2.45, 2.75) is 28.5 Å². The van der Waals surface area contributed by atoms with Gasteiger partial charge in [0, 0.05) is 21.9 Å². The molecule has 0 radical (unpaired) electrons. The van der Waals surface area contributed by atoms with Crippen LogP contribution in [0.5, 0.6) is 5.75 Å². The summed E-state index contributed by atoms with van der Waals surface area (Å²) in [5.74, 6) is -6.85. The number of rotatable bonds is 3. The van der Waals surface area contributed by atoms with Gasteiger partial charge in [0.25, 0.3) is 11.8 Å². The minimum absolute atomic E-state index is 0.0770. The maximum Gasteiger partial charge on any atom is 0.258 e. The minimum Gasteiger partial charge on any atom is -0.507 e. The summed E-state index contributed by atoms with van der Waals surface area (Å²) in [5.41, 5.74) is 1.24. The summed E-state index contributed by atoms with van der Waals surface area (Å²) < 4.78 is 13.9. The van der Waals surface area contributed by atoms with Crippen molar-refractivity contribution >= 4 is 80.6 Å². The fourth-order valence-corrected chi connectivity index (χ4v) is 9.15. The third-order valence-electron chi connectivity index (χ3n) is 10.2. The number of halogens is 4. The molecule has 0 bridgehead atoms. The van der Waals surface area contributed by atoms with Gasteiger partial charge in [0.2, 0.25) is 11.8 Å². The van der Waals surface area contributed by atoms with Gasteiger partial charge in [0.15, 0.2) is 9.75 Å². The van der Waals surface area contributed by atoms with Crippen molar-refractivity contribution in [3.8, 4) is 5.75 Å². The first-order valence-corrected chi connectivity index (χ1v) is 16.2. The van der Waals surface area contributed by atoms with Crippen molar-refractivity contribution in [3.05, 3.63) is 113 Å². The van der Waals surface area contributed by atoms with Crippen LogP contribution in [-0.4, -0.2) is 38.5 Å². The van der Waals surface area contributed by atoms with E-state index in [0.29, 0.717) is 21.7 Å². The molecule has 7 nitrogen and oxygen atoms in total. The lowest BCUT2D eigenvalue weighted by atomic mass is 9.56. The molecule has 2 saturated heterocycles. The zero-order valence-corrected chi connectivity index (χ0v) is 26.6. The van der Waals surface area contributed by atoms with Gasteiger partial charge < -0.3 is 5.11 Å². The number of fused-ring (bicyclic) bond motifs is 5. The molecule has 1 N–H and O–H groups in total. The molecule has 0 aromatic heterocycles. The van der Waals surface area contributed by atoms with E-state index in [4.69, 9.17) is 34.8 Å². The van der Waals surface area contributed by atoms with E-state index in [9.17, 15) is 28.7 Å². The summed E-state index contributed by atoms with van der Waals surface area (Å²) in [5, 5.41) is 13.4. The molecule has 4 amide bonds. The van der Waals surface area contributed by atoms with Gasteiger partial charge >= 0.3 is 0 Å². The van der Waals surface area contributed by atoms with Gasteiger partial charge in [-0.05, 0) is 72.7 Å². The molecule has 2 heterocycles. The third kappa shape index (κ3) is 3.98. The van der Waals surface area contributed by atoms with Crippen LogP contribution in [0.4, 0.5) is 15.8 Å². The Kier molecular flexibility index (Phi) is 6.65. The number of phenolic OH excluding ortho intramolecular Hbond substituents is 1. The SMILES string of the molecule is O=C1C2CC=C3C(CC4(Cl)C(=O)N(c5ccc(F)cc5)C(=O)C4(Cl)C3c3ccc4ccccc4c3O)C2C(=O)N1c1ccc(Cl)cc1. The zero-order valence-electron chi connectivity index (χ0n) is 24.4. The summed E-state index contributed by atoms with van der Waals surface area (Å²) >= 11 is 20.9. The minimum atomic E-state index is -2.16. The number of alkyl halides is 2. The van der Waals surface area contributed by atoms with E-state index < -0.39 is 62.9 Å². The Morgan fingerprint density at radius 3 is 2.15 bits per heavy atom. The second kappa shape index (κ2) is 10.4. The molecule has 6 unspecified atom stereocenters. The van der Waals surface area contributed by atoms with Crippen LogP contribution in [0.3, 0.4) is 0 Å². The Morgan fingerprint density at radius 1 is 0.766 bits per heavy atom. The second-order valence-corrected chi connectivity index (χ2v) is 14.1. The highest BCUT2D eigenvalue weighted by atomic mass is 35.5. The van der Waals surface area contributed by atoms with E-state index in [1.165, 1.54) is 12.1 Å². The molecule has 47 heavy (non-hydrogen) atoms. The standard InChI is InChI=1S/C36H24Cl3FN2O5/c37-19-6-10-21(11-7-19)41-31(44)25-16-15-24-27(28(25)32(41)45)17-35(38)33(46)42(22-12-8-20(40)9-13-22)34(47)36(35,39)29(24)26-14-5-18-3-1-2-4-23(18)30(26)43/h1-15,25,27-29,43H,16-17H2. The predicted octanol–water partition coefficient (Wildman–Crippen LogP) is 7.11. The summed E-state index contributed by atoms with van der Waals surface area (Å²) in [6, 6.07) is 21.7. The highest BCUT2D eigenvalue weighted by molar-refractivity contribution is 6.58. The van der Waals surface area contributed by atoms with Crippen LogP contribution in [0, 0.1) is 23.6 Å². The number of benzene rings is 4. The normalized spacial score (nSPS) is 30.0. The van der Waals surface area contributed by atoms with E-state index in [2.05, 4.69) is 0 Å². The number of hydrogen-bond donors (Lipinski definition) is 1. The first kappa shape index (κ1) is 30.1. The van der Waals surface area contributed by atoms with Gasteiger partial charge in [-0.1, -0.05) is 59.6 Å². The molecule has 2 aliphatic heterocycles. The Morgan fingerprint density at radius 2 is 1.43 bits per heavy atom. The molecular formula is C36H24Cl3FN2O5. The molecule has 236 valence electrons. The summed E-state index contributed by atoms with van der Waals surface area (Å²) in [7, 11) is 0. The van der Waals surface area contributed by atoms with Crippen LogP contribution in [0.2, 0.25) is 5.02 Å². The number of carbonyl (C=O) groups excluding carboxylic acids is 4. The average Bonchev–Trinajstić information content (AvgIpc) is 3.40. The Bertz CT molecular complexity index is 2090. The molecular weight excluding hydrogens is 666 g/mol. The fourth-order valence-electron chi connectivity index (χ4n) is 8.09. The number of allylic oxidation sites excluding steroid dienone is 2. The van der Waals surface area contributed by atoms with Crippen molar-refractivity contribution in [1.82, 2.24) is 0 Å². The molecule has 6 atom stereocenters. The average molecular weight is 690 g/mol. The van der Waals surface area contributed by atoms with Crippen LogP contribution in [0.1, 0.15) is 24.3 Å². The maximum atomic E-state index is 14.6. The summed E-state index contributed by atoms with van der Waals surface area (Å²) in [6.07, 6.45) is 1.74. The van der Waals surface area contributed by atoms with Crippen molar-refractivity contribution in [2.24, 2.45) is 17.8 Å². The summed E-state index contributed by atoms with van der Waals surface area (Å²) in [6.45, 7) is 0. The molecule has 4 aliphatic rings.